The van der Waals surface area contributed by atoms with Crippen LogP contribution in [0.4, 0.5) is 0 Å². The van der Waals surface area contributed by atoms with Crippen molar-refractivity contribution >= 4 is 5.78 Å². The Morgan fingerprint density at radius 3 is 2.35 bits per heavy atom. The molecule has 0 spiro atoms. The predicted molar refractivity (Wildman–Crippen MR) is 71.9 cm³/mol. The molecule has 0 radical (unpaired) electrons. The van der Waals surface area contributed by atoms with Gasteiger partial charge in [0.25, 0.3) is 0 Å². The smallest absolute Gasteiger partial charge is 0.133 e. The van der Waals surface area contributed by atoms with Gasteiger partial charge in [0.15, 0.2) is 0 Å². The zero-order valence-electron chi connectivity index (χ0n) is 11.4. The lowest BCUT2D eigenvalue weighted by Crippen LogP contribution is -2.20. The Labute approximate surface area is 106 Å². The Balaban J connectivity index is 1.65. The molecule has 0 amide bonds. The molecular formula is C16H28O. The van der Waals surface area contributed by atoms with Gasteiger partial charge in [-0.3, -0.25) is 4.79 Å². The molecule has 1 heteroatoms. The molecule has 98 valence electrons. The van der Waals surface area contributed by atoms with Crippen LogP contribution in [-0.2, 0) is 4.79 Å². The summed E-state index contributed by atoms with van der Waals surface area (Å²) >= 11 is 0. The molecular weight excluding hydrogens is 208 g/mol. The van der Waals surface area contributed by atoms with E-state index in [0.29, 0.717) is 5.78 Å². The number of carbonyl (C=O) groups excluding carboxylic acids is 1. The highest BCUT2D eigenvalue weighted by Crippen LogP contribution is 2.40. The van der Waals surface area contributed by atoms with Crippen molar-refractivity contribution in [1.82, 2.24) is 0 Å². The third kappa shape index (κ3) is 3.82. The van der Waals surface area contributed by atoms with Crippen molar-refractivity contribution in [2.24, 2.45) is 17.8 Å². The quantitative estimate of drug-likeness (QED) is 0.630. The Morgan fingerprint density at radius 2 is 1.76 bits per heavy atom. The van der Waals surface area contributed by atoms with Gasteiger partial charge < -0.3 is 0 Å². The van der Waals surface area contributed by atoms with Gasteiger partial charge in [0.1, 0.15) is 5.78 Å². The summed E-state index contributed by atoms with van der Waals surface area (Å²) in [5, 5.41) is 0. The highest BCUT2D eigenvalue weighted by molar-refractivity contribution is 5.80. The molecule has 2 fully saturated rings. The fourth-order valence-electron chi connectivity index (χ4n) is 3.88. The molecule has 0 aromatic carbocycles. The minimum Gasteiger partial charge on any atom is -0.300 e. The van der Waals surface area contributed by atoms with E-state index < -0.39 is 0 Å². The first kappa shape index (κ1) is 13.1. The van der Waals surface area contributed by atoms with Crippen LogP contribution in [0.2, 0.25) is 0 Å². The molecule has 2 saturated carbocycles. The molecule has 2 aliphatic carbocycles. The fourth-order valence-corrected chi connectivity index (χ4v) is 3.88. The maximum atomic E-state index is 11.3. The maximum absolute atomic E-state index is 11.3. The van der Waals surface area contributed by atoms with E-state index in [1.54, 1.807) is 0 Å². The summed E-state index contributed by atoms with van der Waals surface area (Å²) < 4.78 is 0. The van der Waals surface area contributed by atoms with Crippen molar-refractivity contribution in [3.05, 3.63) is 0 Å². The minimum atomic E-state index is 0.528. The second-order valence-electron chi connectivity index (χ2n) is 6.32. The van der Waals surface area contributed by atoms with Crippen LogP contribution in [0.5, 0.6) is 0 Å². The molecule has 0 aromatic heterocycles. The van der Waals surface area contributed by atoms with Gasteiger partial charge in [-0.1, -0.05) is 45.4 Å². The molecule has 1 atom stereocenters. The van der Waals surface area contributed by atoms with E-state index in [2.05, 4.69) is 6.92 Å². The number of ketones is 1. The van der Waals surface area contributed by atoms with E-state index in [-0.39, 0.29) is 0 Å². The number of hydrogen-bond acceptors (Lipinski definition) is 1. The molecule has 1 nitrogen and oxygen atoms in total. The van der Waals surface area contributed by atoms with Crippen molar-refractivity contribution in [1.29, 1.82) is 0 Å². The van der Waals surface area contributed by atoms with Gasteiger partial charge in [-0.25, -0.2) is 0 Å². The summed E-state index contributed by atoms with van der Waals surface area (Å²) in [6.07, 6.45) is 14.4. The van der Waals surface area contributed by atoms with E-state index in [9.17, 15) is 4.79 Å². The number of unbranched alkanes of at least 4 members (excludes halogenated alkanes) is 2. The molecule has 0 bridgehead atoms. The second kappa shape index (κ2) is 6.56. The highest BCUT2D eigenvalue weighted by Gasteiger charge is 2.32. The van der Waals surface area contributed by atoms with Crippen molar-refractivity contribution in [3.8, 4) is 0 Å². The van der Waals surface area contributed by atoms with Gasteiger partial charge in [-0.15, -0.1) is 0 Å². The largest absolute Gasteiger partial charge is 0.300 e. The monoisotopic (exact) mass is 236 g/mol. The molecule has 2 rings (SSSR count). The summed E-state index contributed by atoms with van der Waals surface area (Å²) in [6.45, 7) is 2.29. The highest BCUT2D eigenvalue weighted by atomic mass is 16.1. The van der Waals surface area contributed by atoms with Crippen molar-refractivity contribution in [2.75, 3.05) is 0 Å². The van der Waals surface area contributed by atoms with Gasteiger partial charge in [-0.2, -0.15) is 0 Å². The lowest BCUT2D eigenvalue weighted by atomic mass is 9.74. The lowest BCUT2D eigenvalue weighted by Gasteiger charge is -2.32. The first-order valence-electron chi connectivity index (χ1n) is 7.81. The van der Waals surface area contributed by atoms with E-state index in [4.69, 9.17) is 0 Å². The van der Waals surface area contributed by atoms with Crippen LogP contribution in [0, 0.1) is 17.8 Å². The van der Waals surface area contributed by atoms with Crippen LogP contribution in [0.3, 0.4) is 0 Å². The van der Waals surface area contributed by atoms with Gasteiger partial charge in [0.05, 0.1) is 0 Å². The molecule has 0 aromatic rings. The predicted octanol–water partition coefficient (Wildman–Crippen LogP) is 4.74. The minimum absolute atomic E-state index is 0.528. The van der Waals surface area contributed by atoms with Crippen LogP contribution < -0.4 is 0 Å². The summed E-state index contributed by atoms with van der Waals surface area (Å²) in [7, 11) is 0. The number of carbonyl (C=O) groups is 1. The zero-order valence-corrected chi connectivity index (χ0v) is 11.4. The Kier molecular flexibility index (Phi) is 5.06. The maximum Gasteiger partial charge on any atom is 0.133 e. The van der Waals surface area contributed by atoms with Crippen molar-refractivity contribution in [3.63, 3.8) is 0 Å². The SMILES string of the molecule is CCCCCC1CCC(C2CCC(=O)C2)CC1. The van der Waals surface area contributed by atoms with E-state index in [1.807, 2.05) is 0 Å². The van der Waals surface area contributed by atoms with E-state index >= 15 is 0 Å². The normalized spacial score (nSPS) is 34.2. The molecule has 0 N–H and O–H groups in total. The average Bonchev–Trinajstić information content (AvgIpc) is 2.77. The van der Waals surface area contributed by atoms with Gasteiger partial charge in [0, 0.05) is 12.8 Å². The van der Waals surface area contributed by atoms with Gasteiger partial charge in [-0.05, 0) is 37.0 Å². The van der Waals surface area contributed by atoms with Crippen molar-refractivity contribution < 1.29 is 4.79 Å². The molecule has 0 saturated heterocycles. The Hall–Kier alpha value is -0.330. The van der Waals surface area contributed by atoms with E-state index in [0.717, 1.165) is 30.6 Å². The Bertz CT molecular complexity index is 238. The third-order valence-corrected chi connectivity index (χ3v) is 5.06. The fraction of sp³-hybridized carbons (Fsp3) is 0.938. The topological polar surface area (TPSA) is 17.1 Å². The first-order valence-corrected chi connectivity index (χ1v) is 7.81. The Morgan fingerprint density at radius 1 is 1.00 bits per heavy atom. The molecule has 1 unspecified atom stereocenters. The number of hydrogen-bond donors (Lipinski definition) is 0. The number of Topliss-reactive ketones (excluding diaryl/α,β-unsaturated/α-hetero) is 1. The summed E-state index contributed by atoms with van der Waals surface area (Å²) in [6, 6.07) is 0. The van der Waals surface area contributed by atoms with Gasteiger partial charge >= 0.3 is 0 Å². The van der Waals surface area contributed by atoms with E-state index in [1.165, 1.54) is 57.8 Å². The van der Waals surface area contributed by atoms with Crippen LogP contribution in [0.15, 0.2) is 0 Å². The van der Waals surface area contributed by atoms with Crippen molar-refractivity contribution in [2.45, 2.75) is 77.6 Å². The van der Waals surface area contributed by atoms with Crippen LogP contribution in [0.1, 0.15) is 77.6 Å². The summed E-state index contributed by atoms with van der Waals surface area (Å²) in [5.41, 5.74) is 0. The number of rotatable bonds is 5. The first-order chi connectivity index (χ1) is 8.29. The van der Waals surface area contributed by atoms with Crippen LogP contribution >= 0.6 is 0 Å². The summed E-state index contributed by atoms with van der Waals surface area (Å²) in [5.74, 6) is 3.19. The molecule has 17 heavy (non-hydrogen) atoms. The average molecular weight is 236 g/mol. The molecule has 0 heterocycles. The third-order valence-electron chi connectivity index (χ3n) is 5.06. The van der Waals surface area contributed by atoms with Crippen LogP contribution in [0.25, 0.3) is 0 Å². The lowest BCUT2D eigenvalue weighted by molar-refractivity contribution is -0.117. The molecule has 0 aliphatic heterocycles. The van der Waals surface area contributed by atoms with Gasteiger partial charge in [0.2, 0.25) is 0 Å². The standard InChI is InChI=1S/C16H28O/c1-2-3-4-5-13-6-8-14(9-7-13)15-10-11-16(17)12-15/h13-15H,2-12H2,1H3. The van der Waals surface area contributed by atoms with Crippen LogP contribution in [-0.4, -0.2) is 5.78 Å². The molecule has 2 aliphatic rings. The zero-order chi connectivity index (χ0) is 12.1. The second-order valence-corrected chi connectivity index (χ2v) is 6.32. The summed E-state index contributed by atoms with van der Waals surface area (Å²) in [4.78, 5) is 11.3.